The van der Waals surface area contributed by atoms with Crippen molar-refractivity contribution < 1.29 is 35.7 Å². The summed E-state index contributed by atoms with van der Waals surface area (Å²) in [6.45, 7) is 0.283. The van der Waals surface area contributed by atoms with Gasteiger partial charge in [-0.05, 0) is 6.42 Å². The van der Waals surface area contributed by atoms with E-state index in [9.17, 15) is 0 Å². The molecule has 0 aromatic heterocycles. The quantitative estimate of drug-likeness (QED) is 0.255. The van der Waals surface area contributed by atoms with Gasteiger partial charge < -0.3 is 35.7 Å². The molecule has 7 nitrogen and oxygen atoms in total. The Morgan fingerprint density at radius 1 is 0.765 bits per heavy atom. The highest BCUT2D eigenvalue weighted by molar-refractivity contribution is 4.74. The van der Waals surface area contributed by atoms with Crippen molar-refractivity contribution in [3.05, 3.63) is 0 Å². The third kappa shape index (κ3) is 10.6. The molecular weight excluding hydrogens is 232 g/mol. The second kappa shape index (κ2) is 9.72. The lowest BCUT2D eigenvalue weighted by atomic mass is 9.93. The molecule has 0 amide bonds. The molecular formula is C10H24O7. The first-order chi connectivity index (χ1) is 7.80. The van der Waals surface area contributed by atoms with Gasteiger partial charge in [-0.3, -0.25) is 0 Å². The number of rotatable bonds is 7. The Balaban J connectivity index is 0. The number of unbranched alkanes of at least 4 members (excludes halogenated alkanes) is 1. The van der Waals surface area contributed by atoms with Crippen molar-refractivity contribution >= 4 is 0 Å². The van der Waals surface area contributed by atoms with Gasteiger partial charge in [0.1, 0.15) is 0 Å². The smallest absolute Gasteiger partial charge is 0.275 e. The predicted molar refractivity (Wildman–Crippen MR) is 59.7 cm³/mol. The van der Waals surface area contributed by atoms with E-state index in [1.54, 1.807) is 0 Å². The van der Waals surface area contributed by atoms with Crippen molar-refractivity contribution in [3.63, 3.8) is 0 Å². The highest BCUT2D eigenvalue weighted by Gasteiger charge is 2.26. The van der Waals surface area contributed by atoms with Crippen LogP contribution in [0.15, 0.2) is 0 Å². The van der Waals surface area contributed by atoms with E-state index in [0.717, 1.165) is 6.42 Å². The van der Waals surface area contributed by atoms with E-state index in [2.05, 4.69) is 0 Å². The lowest BCUT2D eigenvalue weighted by Crippen LogP contribution is -2.37. The van der Waals surface area contributed by atoms with E-state index >= 15 is 0 Å². The van der Waals surface area contributed by atoms with Crippen LogP contribution in [0.1, 0.15) is 26.2 Å². The van der Waals surface area contributed by atoms with Gasteiger partial charge in [0, 0.05) is 6.42 Å². The van der Waals surface area contributed by atoms with E-state index in [1.165, 1.54) is 0 Å². The monoisotopic (exact) mass is 256 g/mol. The van der Waals surface area contributed by atoms with Crippen LogP contribution in [0, 0.1) is 5.41 Å². The van der Waals surface area contributed by atoms with Crippen LogP contribution in [0.5, 0.6) is 0 Å². The third-order valence-electron chi connectivity index (χ3n) is 2.21. The fourth-order valence-electron chi connectivity index (χ4n) is 0.714. The van der Waals surface area contributed by atoms with Gasteiger partial charge in [-0.1, -0.05) is 13.3 Å². The second-order valence-electron chi connectivity index (χ2n) is 4.01. The molecule has 17 heavy (non-hydrogen) atoms. The maximum Gasteiger partial charge on any atom is 0.275 e. The Morgan fingerprint density at radius 2 is 1.12 bits per heavy atom. The molecule has 0 aromatic carbocycles. The summed E-state index contributed by atoms with van der Waals surface area (Å²) in [6, 6.07) is 0. The van der Waals surface area contributed by atoms with Crippen molar-refractivity contribution in [3.8, 4) is 0 Å². The minimum atomic E-state index is -2.45. The zero-order valence-corrected chi connectivity index (χ0v) is 10.1. The molecule has 0 aliphatic heterocycles. The normalized spacial score (nSPS) is 12.0. The van der Waals surface area contributed by atoms with Gasteiger partial charge in [-0.25, -0.2) is 0 Å². The van der Waals surface area contributed by atoms with Crippen molar-refractivity contribution in [1.29, 1.82) is 0 Å². The van der Waals surface area contributed by atoms with E-state index < -0.39 is 37.8 Å². The van der Waals surface area contributed by atoms with Crippen LogP contribution >= 0.6 is 0 Å². The Hall–Kier alpha value is -0.280. The summed E-state index contributed by atoms with van der Waals surface area (Å²) < 4.78 is 0. The lowest BCUT2D eigenvalue weighted by Gasteiger charge is -2.23. The van der Waals surface area contributed by atoms with Gasteiger partial charge in [0.2, 0.25) is 0 Å². The first-order valence-electron chi connectivity index (χ1n) is 5.41. The first-order valence-corrected chi connectivity index (χ1v) is 5.41. The molecule has 0 fully saturated rings. The van der Waals surface area contributed by atoms with Crippen molar-refractivity contribution in [1.82, 2.24) is 0 Å². The Labute approximate surface area is 101 Å². The molecule has 0 rings (SSSR count). The number of aliphatic hydroxyl groups is 7. The fourth-order valence-corrected chi connectivity index (χ4v) is 0.714. The summed E-state index contributed by atoms with van der Waals surface area (Å²) in [7, 11) is 0. The summed E-state index contributed by atoms with van der Waals surface area (Å²) >= 11 is 0. The summed E-state index contributed by atoms with van der Waals surface area (Å²) in [5, 5.41) is 58.8. The summed E-state index contributed by atoms with van der Waals surface area (Å²) in [6.07, 6.45) is 1.51. The van der Waals surface area contributed by atoms with Gasteiger partial charge in [-0.15, -0.1) is 0 Å². The van der Waals surface area contributed by atoms with E-state index in [0.29, 0.717) is 6.42 Å². The fraction of sp³-hybridized carbons (Fsp3) is 1.00. The molecule has 0 spiro atoms. The Kier molecular flexibility index (Phi) is 10.9. The van der Waals surface area contributed by atoms with Crippen LogP contribution in [0.4, 0.5) is 0 Å². The molecule has 0 aliphatic carbocycles. The number of aliphatic hydroxyl groups excluding tert-OH is 4. The average molecular weight is 256 g/mol. The highest BCUT2D eigenvalue weighted by Crippen LogP contribution is 2.11. The van der Waals surface area contributed by atoms with Crippen molar-refractivity contribution in [2.45, 2.75) is 32.2 Å². The van der Waals surface area contributed by atoms with Crippen LogP contribution < -0.4 is 0 Å². The SMILES string of the molecule is CCCCC(O)(O)O.OCC(CO)(CO)CO. The Morgan fingerprint density at radius 3 is 1.18 bits per heavy atom. The zero-order valence-electron chi connectivity index (χ0n) is 10.1. The average Bonchev–Trinajstić information content (AvgIpc) is 2.30. The van der Waals surface area contributed by atoms with Crippen LogP contribution in [-0.4, -0.2) is 68.1 Å². The standard InChI is InChI=1S/C5H12O4.C5H12O3/c6-1-5(2-7,3-8)4-9;1-2-3-4-5(6,7)8/h6-9H,1-4H2;6-8H,2-4H2,1H3. The number of hydrogen-bond donors (Lipinski definition) is 7. The maximum atomic E-state index is 8.50. The molecule has 0 saturated heterocycles. The van der Waals surface area contributed by atoms with Gasteiger partial charge in [-0.2, -0.15) is 0 Å². The van der Waals surface area contributed by atoms with E-state index in [-0.39, 0.29) is 6.42 Å². The molecule has 0 saturated carbocycles. The zero-order chi connectivity index (χ0) is 13.9. The molecule has 0 atom stereocenters. The molecule has 7 heteroatoms. The van der Waals surface area contributed by atoms with Crippen LogP contribution in [0.2, 0.25) is 0 Å². The minimum absolute atomic E-state index is 0.0312. The summed E-state index contributed by atoms with van der Waals surface area (Å²) in [5.74, 6) is -2.45. The van der Waals surface area contributed by atoms with Crippen LogP contribution in [0.3, 0.4) is 0 Å². The first kappa shape index (κ1) is 19.1. The molecule has 0 heterocycles. The molecule has 0 unspecified atom stereocenters. The van der Waals surface area contributed by atoms with Gasteiger partial charge in [0.05, 0.1) is 31.8 Å². The van der Waals surface area contributed by atoms with Crippen molar-refractivity contribution in [2.24, 2.45) is 5.41 Å². The highest BCUT2D eigenvalue weighted by atomic mass is 16.7. The van der Waals surface area contributed by atoms with Crippen molar-refractivity contribution in [2.75, 3.05) is 26.4 Å². The van der Waals surface area contributed by atoms with Gasteiger partial charge >= 0.3 is 0 Å². The molecule has 0 radical (unpaired) electrons. The predicted octanol–water partition coefficient (Wildman–Crippen LogP) is -2.25. The van der Waals surface area contributed by atoms with Crippen LogP contribution in [0.25, 0.3) is 0 Å². The molecule has 0 aliphatic rings. The largest absolute Gasteiger partial charge is 0.396 e. The van der Waals surface area contributed by atoms with Gasteiger partial charge in [0.15, 0.2) is 0 Å². The molecule has 0 bridgehead atoms. The number of hydrogen-bond acceptors (Lipinski definition) is 7. The van der Waals surface area contributed by atoms with E-state index in [4.69, 9.17) is 35.7 Å². The minimum Gasteiger partial charge on any atom is -0.396 e. The second-order valence-corrected chi connectivity index (χ2v) is 4.01. The molecule has 106 valence electrons. The third-order valence-corrected chi connectivity index (χ3v) is 2.21. The topological polar surface area (TPSA) is 142 Å². The van der Waals surface area contributed by atoms with Crippen LogP contribution in [-0.2, 0) is 0 Å². The Bertz CT molecular complexity index is 145. The molecule has 0 aromatic rings. The van der Waals surface area contributed by atoms with Gasteiger partial charge in [0.25, 0.3) is 5.97 Å². The summed E-state index contributed by atoms with van der Waals surface area (Å²) in [5.41, 5.74) is -1.11. The van der Waals surface area contributed by atoms with E-state index in [1.807, 2.05) is 6.92 Å². The lowest BCUT2D eigenvalue weighted by molar-refractivity contribution is -0.314. The molecule has 7 N–H and O–H groups in total. The maximum absolute atomic E-state index is 8.50. The summed E-state index contributed by atoms with van der Waals surface area (Å²) in [4.78, 5) is 0.